The molecule has 1 aliphatic rings. The number of carbonyl (C=O) groups is 2. The van der Waals surface area contributed by atoms with E-state index in [9.17, 15) is 9.59 Å². The fourth-order valence-electron chi connectivity index (χ4n) is 3.46. The van der Waals surface area contributed by atoms with Crippen molar-refractivity contribution >= 4 is 11.9 Å². The van der Waals surface area contributed by atoms with Gasteiger partial charge in [-0.2, -0.15) is 5.26 Å². The predicted molar refractivity (Wildman–Crippen MR) is 122 cm³/mol. The Morgan fingerprint density at radius 3 is 1.94 bits per heavy atom. The minimum Gasteiger partial charge on any atom is -0.478 e. The van der Waals surface area contributed by atoms with Crippen molar-refractivity contribution in [3.63, 3.8) is 0 Å². The van der Waals surface area contributed by atoms with Gasteiger partial charge in [-0.15, -0.1) is 0 Å². The van der Waals surface area contributed by atoms with Crippen LogP contribution in [0.2, 0.25) is 0 Å². The summed E-state index contributed by atoms with van der Waals surface area (Å²) in [4.78, 5) is 24.0. The Labute approximate surface area is 188 Å². The Morgan fingerprint density at radius 1 is 0.844 bits per heavy atom. The number of nitriles is 1. The number of piperazine rings is 1. The lowest BCUT2D eigenvalue weighted by molar-refractivity contribution is -0.134. The molecule has 2 N–H and O–H groups in total. The van der Waals surface area contributed by atoms with Crippen LogP contribution in [-0.4, -0.2) is 64.7 Å². The van der Waals surface area contributed by atoms with Gasteiger partial charge in [0.2, 0.25) is 0 Å². The summed E-state index contributed by atoms with van der Waals surface area (Å²) in [5, 5.41) is 24.3. The third-order valence-electron chi connectivity index (χ3n) is 5.12. The van der Waals surface area contributed by atoms with Crippen molar-refractivity contribution in [2.75, 3.05) is 32.7 Å². The Morgan fingerprint density at radius 2 is 1.38 bits per heavy atom. The van der Waals surface area contributed by atoms with Gasteiger partial charge in [0, 0.05) is 57.8 Å². The molecule has 0 atom stereocenters. The van der Waals surface area contributed by atoms with Crippen LogP contribution in [0.3, 0.4) is 0 Å². The number of benzene rings is 2. The average molecular weight is 436 g/mol. The summed E-state index contributed by atoms with van der Waals surface area (Å²) in [5.41, 5.74) is 4.23. The standard InChI is InChI=1S/C21H25N3.C4H4O4/c22-11-6-12-23-13-15-24(16-14-23)18-21-10-5-4-9-20(21)17-19-7-2-1-3-8-19;5-3(6)1-2-4(7)8/h1-5,7-10H,6,12-18H2;1-2H,(H,5,6)(H,7,8)/b;2-1+. The molecule has 0 amide bonds. The first-order chi connectivity index (χ1) is 15.5. The number of carboxylic acids is 2. The lowest BCUT2D eigenvalue weighted by Gasteiger charge is -2.34. The van der Waals surface area contributed by atoms with Crippen molar-refractivity contribution in [3.8, 4) is 6.07 Å². The third-order valence-corrected chi connectivity index (χ3v) is 5.12. The van der Waals surface area contributed by atoms with Crippen LogP contribution in [0.15, 0.2) is 66.7 Å². The molecular weight excluding hydrogens is 406 g/mol. The van der Waals surface area contributed by atoms with Crippen LogP contribution < -0.4 is 0 Å². The molecule has 7 heteroatoms. The number of rotatable bonds is 8. The molecular formula is C25H29N3O4. The van der Waals surface area contributed by atoms with Gasteiger partial charge in [-0.25, -0.2) is 9.59 Å². The van der Waals surface area contributed by atoms with Gasteiger partial charge < -0.3 is 10.2 Å². The predicted octanol–water partition coefficient (Wildman–Crippen LogP) is 3.02. The SMILES string of the molecule is N#CCCN1CCN(Cc2ccccc2Cc2ccccc2)CC1.O=C(O)/C=C/C(=O)O. The van der Waals surface area contributed by atoms with E-state index in [0.29, 0.717) is 18.6 Å². The van der Waals surface area contributed by atoms with Gasteiger partial charge in [-0.05, 0) is 23.1 Å². The van der Waals surface area contributed by atoms with Crippen LogP contribution in [0, 0.1) is 11.3 Å². The van der Waals surface area contributed by atoms with Crippen LogP contribution in [0.1, 0.15) is 23.1 Å². The second kappa shape index (κ2) is 13.8. The Bertz CT molecular complexity index is 914. The summed E-state index contributed by atoms with van der Waals surface area (Å²) in [6.07, 6.45) is 2.75. The molecule has 0 saturated carbocycles. The first-order valence-electron chi connectivity index (χ1n) is 10.5. The summed E-state index contributed by atoms with van der Waals surface area (Å²) in [5.74, 6) is -2.51. The smallest absolute Gasteiger partial charge is 0.328 e. The zero-order valence-electron chi connectivity index (χ0n) is 18.1. The van der Waals surface area contributed by atoms with Crippen molar-refractivity contribution in [3.05, 3.63) is 83.4 Å². The molecule has 3 rings (SSSR count). The highest BCUT2D eigenvalue weighted by atomic mass is 16.4. The number of hydrogen-bond acceptors (Lipinski definition) is 5. The van der Waals surface area contributed by atoms with Crippen molar-refractivity contribution < 1.29 is 19.8 Å². The molecule has 0 aromatic heterocycles. The largest absolute Gasteiger partial charge is 0.478 e. The highest BCUT2D eigenvalue weighted by Gasteiger charge is 2.17. The van der Waals surface area contributed by atoms with Gasteiger partial charge in [0.25, 0.3) is 0 Å². The minimum absolute atomic E-state index is 0.558. The van der Waals surface area contributed by atoms with Crippen LogP contribution >= 0.6 is 0 Å². The maximum absolute atomic E-state index is 9.55. The van der Waals surface area contributed by atoms with Crippen molar-refractivity contribution in [2.24, 2.45) is 0 Å². The van der Waals surface area contributed by atoms with Gasteiger partial charge >= 0.3 is 11.9 Å². The molecule has 1 saturated heterocycles. The fourth-order valence-corrected chi connectivity index (χ4v) is 3.46. The topological polar surface area (TPSA) is 105 Å². The molecule has 1 fully saturated rings. The Hall–Kier alpha value is -3.47. The summed E-state index contributed by atoms with van der Waals surface area (Å²) >= 11 is 0. The zero-order chi connectivity index (χ0) is 23.2. The maximum Gasteiger partial charge on any atom is 0.328 e. The first-order valence-corrected chi connectivity index (χ1v) is 10.5. The van der Waals surface area contributed by atoms with Gasteiger partial charge in [-0.1, -0.05) is 54.6 Å². The number of hydrogen-bond donors (Lipinski definition) is 2. The highest BCUT2D eigenvalue weighted by molar-refractivity contribution is 5.89. The van der Waals surface area contributed by atoms with E-state index in [2.05, 4.69) is 70.5 Å². The van der Waals surface area contributed by atoms with Gasteiger partial charge in [0.1, 0.15) is 0 Å². The summed E-state index contributed by atoms with van der Waals surface area (Å²) in [7, 11) is 0. The molecule has 1 aliphatic heterocycles. The first kappa shape index (κ1) is 24.8. The summed E-state index contributed by atoms with van der Waals surface area (Å²) in [6, 6.07) is 21.7. The van der Waals surface area contributed by atoms with Gasteiger partial charge in [0.05, 0.1) is 6.07 Å². The quantitative estimate of drug-likeness (QED) is 0.614. The molecule has 0 unspecified atom stereocenters. The monoisotopic (exact) mass is 435 g/mol. The zero-order valence-corrected chi connectivity index (χ0v) is 18.1. The second-order valence-corrected chi connectivity index (χ2v) is 7.47. The van der Waals surface area contributed by atoms with E-state index in [1.54, 1.807) is 0 Å². The molecule has 2 aromatic carbocycles. The number of carboxylic acid groups (broad SMARTS) is 2. The van der Waals surface area contributed by atoms with Gasteiger partial charge in [0.15, 0.2) is 0 Å². The van der Waals surface area contributed by atoms with E-state index in [1.807, 2.05) is 0 Å². The molecule has 32 heavy (non-hydrogen) atoms. The molecule has 0 bridgehead atoms. The average Bonchev–Trinajstić information content (AvgIpc) is 2.80. The lowest BCUT2D eigenvalue weighted by atomic mass is 9.99. The van der Waals surface area contributed by atoms with E-state index < -0.39 is 11.9 Å². The Balaban J connectivity index is 0.000000390. The molecule has 2 aromatic rings. The molecule has 0 spiro atoms. The molecule has 0 aliphatic carbocycles. The molecule has 1 heterocycles. The normalized spacial score (nSPS) is 14.3. The summed E-state index contributed by atoms with van der Waals surface area (Å²) in [6.45, 7) is 6.26. The van der Waals surface area contributed by atoms with E-state index in [0.717, 1.165) is 45.7 Å². The van der Waals surface area contributed by atoms with Crippen LogP contribution in [-0.2, 0) is 22.6 Å². The highest BCUT2D eigenvalue weighted by Crippen LogP contribution is 2.17. The lowest BCUT2D eigenvalue weighted by Crippen LogP contribution is -2.46. The Kier molecular flexibility index (Phi) is 10.7. The third kappa shape index (κ3) is 9.56. The van der Waals surface area contributed by atoms with Crippen molar-refractivity contribution in [1.29, 1.82) is 5.26 Å². The number of nitrogens with zero attached hydrogens (tertiary/aromatic N) is 3. The second-order valence-electron chi connectivity index (χ2n) is 7.47. The maximum atomic E-state index is 9.55. The van der Waals surface area contributed by atoms with Crippen LogP contribution in [0.5, 0.6) is 0 Å². The van der Waals surface area contributed by atoms with E-state index in [-0.39, 0.29) is 0 Å². The molecule has 168 valence electrons. The minimum atomic E-state index is -1.26. The van der Waals surface area contributed by atoms with E-state index in [4.69, 9.17) is 15.5 Å². The van der Waals surface area contributed by atoms with Crippen LogP contribution in [0.25, 0.3) is 0 Å². The number of aliphatic carboxylic acids is 2. The summed E-state index contributed by atoms with van der Waals surface area (Å²) < 4.78 is 0. The van der Waals surface area contributed by atoms with Crippen molar-refractivity contribution in [1.82, 2.24) is 9.80 Å². The fraction of sp³-hybridized carbons (Fsp3) is 0.320. The van der Waals surface area contributed by atoms with E-state index in [1.165, 1.54) is 16.7 Å². The molecule has 7 nitrogen and oxygen atoms in total. The van der Waals surface area contributed by atoms with Crippen molar-refractivity contribution in [2.45, 2.75) is 19.4 Å². The van der Waals surface area contributed by atoms with Crippen LogP contribution in [0.4, 0.5) is 0 Å². The van der Waals surface area contributed by atoms with E-state index >= 15 is 0 Å². The molecule has 0 radical (unpaired) electrons. The van der Waals surface area contributed by atoms with Gasteiger partial charge in [-0.3, -0.25) is 9.80 Å².